The Morgan fingerprint density at radius 2 is 1.82 bits per heavy atom. The molecule has 1 aromatic carbocycles. The molecule has 1 aliphatic rings. The molecule has 0 bridgehead atoms. The molecular weight excluding hydrogens is 239 g/mol. The zero-order chi connectivity index (χ0) is 12.3. The molecule has 0 saturated heterocycles. The van der Waals surface area contributed by atoms with E-state index in [1.165, 1.54) is 18.9 Å². The molecule has 1 atom stereocenters. The van der Waals surface area contributed by atoms with Gasteiger partial charge in [0.1, 0.15) is 5.82 Å². The van der Waals surface area contributed by atoms with Crippen LogP contribution in [0.25, 0.3) is 0 Å². The summed E-state index contributed by atoms with van der Waals surface area (Å²) >= 11 is 5.98. The van der Waals surface area contributed by atoms with Crippen LogP contribution in [0.2, 0.25) is 5.02 Å². The summed E-state index contributed by atoms with van der Waals surface area (Å²) in [5.41, 5.74) is 0.279. The molecule has 2 rings (SSSR count). The van der Waals surface area contributed by atoms with E-state index in [1.807, 2.05) is 0 Å². The minimum Gasteiger partial charge on any atom is -0.388 e. The van der Waals surface area contributed by atoms with Crippen LogP contribution in [0.5, 0.6) is 0 Å². The first-order valence-electron chi connectivity index (χ1n) is 6.32. The van der Waals surface area contributed by atoms with Crippen LogP contribution in [0.15, 0.2) is 18.2 Å². The van der Waals surface area contributed by atoms with E-state index < -0.39 is 11.9 Å². The Balaban J connectivity index is 2.20. The monoisotopic (exact) mass is 256 g/mol. The van der Waals surface area contributed by atoms with Crippen LogP contribution in [-0.4, -0.2) is 5.11 Å². The van der Waals surface area contributed by atoms with Crippen molar-refractivity contribution in [1.29, 1.82) is 0 Å². The number of hydrogen-bond acceptors (Lipinski definition) is 1. The number of benzene rings is 1. The summed E-state index contributed by atoms with van der Waals surface area (Å²) in [6, 6.07) is 4.57. The highest BCUT2D eigenvalue weighted by Crippen LogP contribution is 2.37. The number of hydrogen-bond donors (Lipinski definition) is 1. The van der Waals surface area contributed by atoms with E-state index in [9.17, 15) is 9.50 Å². The lowest BCUT2D eigenvalue weighted by molar-refractivity contribution is 0.0953. The fraction of sp³-hybridized carbons (Fsp3) is 0.571. The molecule has 0 radical (unpaired) electrons. The molecule has 1 aliphatic carbocycles. The molecule has 1 saturated carbocycles. The van der Waals surface area contributed by atoms with Crippen molar-refractivity contribution in [3.8, 4) is 0 Å². The van der Waals surface area contributed by atoms with E-state index >= 15 is 0 Å². The summed E-state index contributed by atoms with van der Waals surface area (Å²) in [7, 11) is 0. The zero-order valence-electron chi connectivity index (χ0n) is 9.83. The summed E-state index contributed by atoms with van der Waals surface area (Å²) in [5, 5.41) is 10.6. The fourth-order valence-corrected chi connectivity index (χ4v) is 2.93. The van der Waals surface area contributed by atoms with E-state index in [0.717, 1.165) is 25.7 Å². The van der Waals surface area contributed by atoms with Gasteiger partial charge in [-0.3, -0.25) is 0 Å². The van der Waals surface area contributed by atoms with Crippen molar-refractivity contribution in [2.75, 3.05) is 0 Å². The van der Waals surface area contributed by atoms with Gasteiger partial charge in [0.05, 0.1) is 6.10 Å². The van der Waals surface area contributed by atoms with Crippen LogP contribution in [0.1, 0.15) is 50.2 Å². The molecule has 94 valence electrons. The minimum absolute atomic E-state index is 0.145. The van der Waals surface area contributed by atoms with Crippen molar-refractivity contribution in [3.63, 3.8) is 0 Å². The first-order chi connectivity index (χ1) is 8.20. The Morgan fingerprint density at radius 1 is 1.18 bits per heavy atom. The molecule has 0 amide bonds. The van der Waals surface area contributed by atoms with Gasteiger partial charge in [-0.2, -0.15) is 0 Å². The quantitative estimate of drug-likeness (QED) is 0.774. The molecule has 1 aromatic rings. The van der Waals surface area contributed by atoms with Crippen LogP contribution in [0.4, 0.5) is 4.39 Å². The maximum absolute atomic E-state index is 13.7. The Morgan fingerprint density at radius 3 is 2.41 bits per heavy atom. The maximum atomic E-state index is 13.7. The van der Waals surface area contributed by atoms with Crippen LogP contribution >= 0.6 is 11.6 Å². The van der Waals surface area contributed by atoms with Gasteiger partial charge in [-0.1, -0.05) is 43.4 Å². The minimum atomic E-state index is -0.762. The molecule has 0 aromatic heterocycles. The smallest absolute Gasteiger partial charge is 0.130 e. The SMILES string of the molecule is O[C@@H](c1c(F)cccc1Cl)C1CCCCCC1. The van der Waals surface area contributed by atoms with E-state index in [2.05, 4.69) is 0 Å². The predicted molar refractivity (Wildman–Crippen MR) is 67.6 cm³/mol. The van der Waals surface area contributed by atoms with Crippen molar-refractivity contribution >= 4 is 11.6 Å². The van der Waals surface area contributed by atoms with Crippen molar-refractivity contribution in [1.82, 2.24) is 0 Å². The molecule has 0 spiro atoms. The van der Waals surface area contributed by atoms with E-state index in [0.29, 0.717) is 5.02 Å². The Bertz CT molecular complexity index is 352. The number of rotatable bonds is 2. The van der Waals surface area contributed by atoms with Crippen molar-refractivity contribution in [2.24, 2.45) is 5.92 Å². The van der Waals surface area contributed by atoms with Crippen molar-refractivity contribution < 1.29 is 9.50 Å². The van der Waals surface area contributed by atoms with Crippen LogP contribution < -0.4 is 0 Å². The second-order valence-corrected chi connectivity index (χ2v) is 5.24. The molecule has 17 heavy (non-hydrogen) atoms. The molecule has 1 fully saturated rings. The van der Waals surface area contributed by atoms with E-state index in [1.54, 1.807) is 12.1 Å². The molecule has 0 heterocycles. The Kier molecular flexibility index (Phi) is 4.41. The molecule has 1 N–H and O–H groups in total. The standard InChI is InChI=1S/C14H18ClFO/c15-11-8-5-9-12(16)13(11)14(17)10-6-3-1-2-4-7-10/h5,8-10,14,17H,1-4,6-7H2/t14-/m1/s1. The topological polar surface area (TPSA) is 20.2 Å². The second-order valence-electron chi connectivity index (χ2n) is 4.83. The third kappa shape index (κ3) is 2.99. The van der Waals surface area contributed by atoms with Gasteiger partial charge in [0.25, 0.3) is 0 Å². The lowest BCUT2D eigenvalue weighted by Crippen LogP contribution is -2.14. The van der Waals surface area contributed by atoms with Gasteiger partial charge in [0.2, 0.25) is 0 Å². The highest BCUT2D eigenvalue weighted by Gasteiger charge is 2.26. The Labute approximate surface area is 107 Å². The van der Waals surface area contributed by atoms with Gasteiger partial charge in [0, 0.05) is 10.6 Å². The molecule has 3 heteroatoms. The van der Waals surface area contributed by atoms with Gasteiger partial charge in [-0.25, -0.2) is 4.39 Å². The zero-order valence-corrected chi connectivity index (χ0v) is 10.6. The van der Waals surface area contributed by atoms with Gasteiger partial charge in [-0.15, -0.1) is 0 Å². The second kappa shape index (κ2) is 5.83. The third-order valence-electron chi connectivity index (χ3n) is 3.64. The first kappa shape index (κ1) is 12.8. The molecular formula is C14H18ClFO. The summed E-state index contributed by atoms with van der Waals surface area (Å²) in [4.78, 5) is 0. The average Bonchev–Trinajstić information content (AvgIpc) is 2.57. The largest absolute Gasteiger partial charge is 0.388 e. The van der Waals surface area contributed by atoms with E-state index in [-0.39, 0.29) is 11.5 Å². The van der Waals surface area contributed by atoms with Crippen molar-refractivity contribution in [3.05, 3.63) is 34.6 Å². The highest BCUT2D eigenvalue weighted by atomic mass is 35.5. The van der Waals surface area contributed by atoms with Gasteiger partial charge < -0.3 is 5.11 Å². The number of halogens is 2. The van der Waals surface area contributed by atoms with Gasteiger partial charge >= 0.3 is 0 Å². The number of aliphatic hydroxyl groups is 1. The normalized spacial score (nSPS) is 19.9. The summed E-state index contributed by atoms with van der Waals surface area (Å²) < 4.78 is 13.7. The van der Waals surface area contributed by atoms with Crippen LogP contribution in [0.3, 0.4) is 0 Å². The summed E-state index contributed by atoms with van der Waals surface area (Å²) in [6.45, 7) is 0. The van der Waals surface area contributed by atoms with Crippen molar-refractivity contribution in [2.45, 2.75) is 44.6 Å². The van der Waals surface area contributed by atoms with Gasteiger partial charge in [-0.05, 0) is 30.9 Å². The lowest BCUT2D eigenvalue weighted by Gasteiger charge is -2.22. The summed E-state index contributed by atoms with van der Waals surface area (Å²) in [5.74, 6) is -0.249. The Hall–Kier alpha value is -0.600. The molecule has 1 nitrogen and oxygen atoms in total. The molecule has 0 aliphatic heterocycles. The van der Waals surface area contributed by atoms with Crippen LogP contribution in [-0.2, 0) is 0 Å². The fourth-order valence-electron chi connectivity index (χ4n) is 2.66. The third-order valence-corrected chi connectivity index (χ3v) is 3.97. The molecule has 0 unspecified atom stereocenters. The summed E-state index contributed by atoms with van der Waals surface area (Å²) in [6.07, 6.45) is 5.84. The average molecular weight is 257 g/mol. The van der Waals surface area contributed by atoms with Gasteiger partial charge in [0.15, 0.2) is 0 Å². The lowest BCUT2D eigenvalue weighted by atomic mass is 9.89. The van der Waals surface area contributed by atoms with Crippen LogP contribution in [0, 0.1) is 11.7 Å². The maximum Gasteiger partial charge on any atom is 0.130 e. The number of aliphatic hydroxyl groups excluding tert-OH is 1. The first-order valence-corrected chi connectivity index (χ1v) is 6.70. The van der Waals surface area contributed by atoms with E-state index in [4.69, 9.17) is 11.6 Å². The highest BCUT2D eigenvalue weighted by molar-refractivity contribution is 6.31. The predicted octanol–water partition coefficient (Wildman–Crippen LogP) is 4.48.